The van der Waals surface area contributed by atoms with Gasteiger partial charge in [0.25, 0.3) is 0 Å². The summed E-state index contributed by atoms with van der Waals surface area (Å²) in [6, 6.07) is 21.4. The fourth-order valence-electron chi connectivity index (χ4n) is 4.41. The minimum atomic E-state index is -1.02. The van der Waals surface area contributed by atoms with Crippen LogP contribution in [0.1, 0.15) is 22.6 Å². The lowest BCUT2D eigenvalue weighted by Crippen LogP contribution is -2.35. The van der Waals surface area contributed by atoms with E-state index >= 15 is 0 Å². The Hall–Kier alpha value is -4.00. The molecular formula is C27H27NO6. The number of nitrogens with one attached hydrogen (secondary N) is 1. The number of aliphatic carboxylic acids is 1. The molecule has 0 spiro atoms. The number of carbonyl (C=O) groups is 2. The summed E-state index contributed by atoms with van der Waals surface area (Å²) in [5.41, 5.74) is 5.20. The fourth-order valence-corrected chi connectivity index (χ4v) is 4.41. The summed E-state index contributed by atoms with van der Waals surface area (Å²) in [6.07, 6.45) is -0.481. The van der Waals surface area contributed by atoms with E-state index in [0.717, 1.165) is 22.3 Å². The highest BCUT2D eigenvalue weighted by molar-refractivity contribution is 5.79. The molecule has 0 unspecified atom stereocenters. The summed E-state index contributed by atoms with van der Waals surface area (Å²) in [5, 5.41) is 12.3. The zero-order valence-corrected chi connectivity index (χ0v) is 19.1. The SMILES string of the molecule is COc1ccc(OC)c(C[C@H](CNC(=O)OCC2c3ccccc3-c3ccccc32)C(=O)O)c1. The molecule has 34 heavy (non-hydrogen) atoms. The molecule has 2 N–H and O–H groups in total. The molecule has 0 aromatic heterocycles. The molecule has 0 bridgehead atoms. The Labute approximate surface area is 198 Å². The van der Waals surface area contributed by atoms with E-state index in [1.807, 2.05) is 36.4 Å². The van der Waals surface area contributed by atoms with Gasteiger partial charge in [0.2, 0.25) is 0 Å². The molecule has 0 radical (unpaired) electrons. The van der Waals surface area contributed by atoms with Crippen LogP contribution in [0.5, 0.6) is 11.5 Å². The van der Waals surface area contributed by atoms with Crippen molar-refractivity contribution in [1.29, 1.82) is 0 Å². The summed E-state index contributed by atoms with van der Waals surface area (Å²) in [6.45, 7) is 0.0909. The van der Waals surface area contributed by atoms with Gasteiger partial charge in [0.1, 0.15) is 18.1 Å². The van der Waals surface area contributed by atoms with Crippen molar-refractivity contribution in [3.63, 3.8) is 0 Å². The summed E-state index contributed by atoms with van der Waals surface area (Å²) in [7, 11) is 3.06. The number of benzene rings is 3. The quantitative estimate of drug-likeness (QED) is 0.488. The fraction of sp³-hybridized carbons (Fsp3) is 0.259. The molecule has 176 valence electrons. The number of methoxy groups -OCH3 is 2. The first-order valence-corrected chi connectivity index (χ1v) is 11.0. The summed E-state index contributed by atoms with van der Waals surface area (Å²) in [5.74, 6) is -0.780. The maximum Gasteiger partial charge on any atom is 0.407 e. The van der Waals surface area contributed by atoms with Crippen LogP contribution < -0.4 is 14.8 Å². The highest BCUT2D eigenvalue weighted by Crippen LogP contribution is 2.44. The van der Waals surface area contributed by atoms with Gasteiger partial charge in [-0.15, -0.1) is 0 Å². The van der Waals surface area contributed by atoms with Crippen molar-refractivity contribution in [2.24, 2.45) is 5.92 Å². The maximum absolute atomic E-state index is 12.5. The molecule has 0 heterocycles. The number of fused-ring (bicyclic) bond motifs is 3. The predicted molar refractivity (Wildman–Crippen MR) is 127 cm³/mol. The minimum absolute atomic E-state index is 0.0607. The second-order valence-electron chi connectivity index (χ2n) is 8.12. The van der Waals surface area contributed by atoms with E-state index in [2.05, 4.69) is 17.4 Å². The van der Waals surface area contributed by atoms with E-state index in [4.69, 9.17) is 14.2 Å². The third kappa shape index (κ3) is 4.83. The molecule has 0 aliphatic heterocycles. The van der Waals surface area contributed by atoms with Gasteiger partial charge < -0.3 is 24.6 Å². The molecule has 1 atom stereocenters. The lowest BCUT2D eigenvalue weighted by Gasteiger charge is -2.17. The van der Waals surface area contributed by atoms with Gasteiger partial charge in [-0.05, 0) is 52.4 Å². The van der Waals surface area contributed by atoms with Crippen molar-refractivity contribution in [3.8, 4) is 22.6 Å². The van der Waals surface area contributed by atoms with Gasteiger partial charge in [-0.3, -0.25) is 4.79 Å². The summed E-state index contributed by atoms with van der Waals surface area (Å²) >= 11 is 0. The molecule has 0 saturated heterocycles. The van der Waals surface area contributed by atoms with Crippen molar-refractivity contribution >= 4 is 12.1 Å². The number of carboxylic acids is 1. The molecule has 1 aliphatic rings. The first-order valence-electron chi connectivity index (χ1n) is 11.0. The molecule has 4 rings (SSSR count). The number of ether oxygens (including phenoxy) is 3. The van der Waals surface area contributed by atoms with Gasteiger partial charge in [0.15, 0.2) is 0 Å². The molecule has 0 saturated carbocycles. The smallest absolute Gasteiger partial charge is 0.407 e. The van der Waals surface area contributed by atoms with Crippen molar-refractivity contribution in [2.75, 3.05) is 27.4 Å². The molecule has 7 heteroatoms. The van der Waals surface area contributed by atoms with Crippen molar-refractivity contribution in [3.05, 3.63) is 83.4 Å². The monoisotopic (exact) mass is 461 g/mol. The van der Waals surface area contributed by atoms with Crippen LogP contribution >= 0.6 is 0 Å². The highest BCUT2D eigenvalue weighted by atomic mass is 16.5. The molecule has 1 amide bonds. The third-order valence-corrected chi connectivity index (χ3v) is 6.14. The largest absolute Gasteiger partial charge is 0.497 e. The number of carbonyl (C=O) groups excluding carboxylic acids is 1. The number of hydrogen-bond donors (Lipinski definition) is 2. The zero-order valence-electron chi connectivity index (χ0n) is 19.1. The van der Waals surface area contributed by atoms with Gasteiger partial charge in [-0.2, -0.15) is 0 Å². The summed E-state index contributed by atoms with van der Waals surface area (Å²) < 4.78 is 16.1. The van der Waals surface area contributed by atoms with E-state index in [-0.39, 0.29) is 25.5 Å². The Morgan fingerprint density at radius 3 is 2.18 bits per heavy atom. The van der Waals surface area contributed by atoms with E-state index in [1.54, 1.807) is 25.3 Å². The zero-order chi connectivity index (χ0) is 24.1. The Morgan fingerprint density at radius 2 is 1.59 bits per heavy atom. The predicted octanol–water partition coefficient (Wildman–Crippen LogP) is 4.49. The van der Waals surface area contributed by atoms with Crippen LogP contribution in [0.3, 0.4) is 0 Å². The van der Waals surface area contributed by atoms with Crippen LogP contribution in [0.15, 0.2) is 66.7 Å². The first kappa shape index (κ1) is 23.2. The second-order valence-corrected chi connectivity index (χ2v) is 8.12. The van der Waals surface area contributed by atoms with Crippen molar-refractivity contribution in [2.45, 2.75) is 12.3 Å². The third-order valence-electron chi connectivity index (χ3n) is 6.14. The van der Waals surface area contributed by atoms with Gasteiger partial charge in [-0.25, -0.2) is 4.79 Å². The number of rotatable bonds is 9. The summed E-state index contributed by atoms with van der Waals surface area (Å²) in [4.78, 5) is 24.3. The van der Waals surface area contributed by atoms with E-state index in [9.17, 15) is 14.7 Å². The lowest BCUT2D eigenvalue weighted by molar-refractivity contribution is -0.141. The van der Waals surface area contributed by atoms with Crippen LogP contribution in [0.4, 0.5) is 4.79 Å². The van der Waals surface area contributed by atoms with Crippen LogP contribution in [0, 0.1) is 5.92 Å². The molecular weight excluding hydrogens is 434 g/mol. The number of amides is 1. The topological polar surface area (TPSA) is 94.1 Å². The number of carboxylic acid groups (broad SMARTS) is 1. The van der Waals surface area contributed by atoms with E-state index in [0.29, 0.717) is 17.1 Å². The van der Waals surface area contributed by atoms with Crippen LogP contribution in [-0.2, 0) is 16.0 Å². The van der Waals surface area contributed by atoms with E-state index < -0.39 is 18.0 Å². The van der Waals surface area contributed by atoms with Gasteiger partial charge in [0, 0.05) is 12.5 Å². The molecule has 0 fully saturated rings. The number of hydrogen-bond acceptors (Lipinski definition) is 5. The number of alkyl carbamates (subject to hydrolysis) is 1. The average molecular weight is 462 g/mol. The maximum atomic E-state index is 12.5. The first-order chi connectivity index (χ1) is 16.5. The van der Waals surface area contributed by atoms with E-state index in [1.165, 1.54) is 7.11 Å². The molecule has 7 nitrogen and oxygen atoms in total. The minimum Gasteiger partial charge on any atom is -0.497 e. The van der Waals surface area contributed by atoms with Gasteiger partial charge in [-0.1, -0.05) is 48.5 Å². The van der Waals surface area contributed by atoms with Crippen molar-refractivity contribution < 1.29 is 28.9 Å². The highest BCUT2D eigenvalue weighted by Gasteiger charge is 2.29. The van der Waals surface area contributed by atoms with Crippen molar-refractivity contribution in [1.82, 2.24) is 5.32 Å². The molecule has 1 aliphatic carbocycles. The van der Waals surface area contributed by atoms with Gasteiger partial charge in [0.05, 0.1) is 20.1 Å². The Bertz CT molecular complexity index is 1150. The average Bonchev–Trinajstić information content (AvgIpc) is 3.18. The molecule has 3 aromatic carbocycles. The Balaban J connectivity index is 1.38. The Morgan fingerprint density at radius 1 is 0.941 bits per heavy atom. The molecule has 3 aromatic rings. The standard InChI is InChI=1S/C27H27NO6/c1-32-19-11-12-25(33-2)17(14-19)13-18(26(29)30)15-28-27(31)34-16-24-22-9-5-3-7-20(22)21-8-4-6-10-23(21)24/h3-12,14,18,24H,13,15-16H2,1-2H3,(H,28,31)(H,29,30)/t18-/m1/s1. The normalized spacial score (nSPS) is 12.9. The van der Waals surface area contributed by atoms with Crippen LogP contribution in [-0.4, -0.2) is 44.5 Å². The van der Waals surface area contributed by atoms with Crippen LogP contribution in [0.2, 0.25) is 0 Å². The Kier molecular flexibility index (Phi) is 7.01. The second kappa shape index (κ2) is 10.3. The van der Waals surface area contributed by atoms with Gasteiger partial charge >= 0.3 is 12.1 Å². The lowest BCUT2D eigenvalue weighted by atomic mass is 9.98. The van der Waals surface area contributed by atoms with Crippen LogP contribution in [0.25, 0.3) is 11.1 Å².